The van der Waals surface area contributed by atoms with Crippen molar-refractivity contribution < 1.29 is 13.2 Å². The number of hydrogen-bond donors (Lipinski definition) is 1. The molecule has 0 aromatic heterocycles. The van der Waals surface area contributed by atoms with E-state index < -0.39 is 21.6 Å². The number of hydrogen-bond acceptors (Lipinski definition) is 3. The summed E-state index contributed by atoms with van der Waals surface area (Å²) in [6, 6.07) is -0.477. The Morgan fingerprint density at radius 2 is 2.25 bits per heavy atom. The predicted molar refractivity (Wildman–Crippen MR) is 42.0 cm³/mol. The van der Waals surface area contributed by atoms with Crippen molar-refractivity contribution in [2.45, 2.75) is 18.9 Å². The molecule has 1 unspecified atom stereocenters. The first-order valence-corrected chi connectivity index (χ1v) is 5.38. The molecule has 2 fully saturated rings. The van der Waals surface area contributed by atoms with Crippen molar-refractivity contribution in [2.24, 2.45) is 0 Å². The number of amides is 2. The van der Waals surface area contributed by atoms with Crippen LogP contribution in [0.4, 0.5) is 4.79 Å². The molecule has 0 radical (unpaired) electrons. The zero-order chi connectivity index (χ0) is 8.98. The quantitative estimate of drug-likeness (QED) is 0.560. The van der Waals surface area contributed by atoms with Crippen molar-refractivity contribution in [1.29, 1.82) is 0 Å². The third-order valence-electron chi connectivity index (χ3n) is 2.47. The smallest absolute Gasteiger partial charge is 0.331 e. The Hall–Kier alpha value is -0.780. The lowest BCUT2D eigenvalue weighted by atomic mass is 10.0. The Morgan fingerprint density at radius 1 is 1.58 bits per heavy atom. The lowest BCUT2D eigenvalue weighted by Gasteiger charge is -2.22. The van der Waals surface area contributed by atoms with E-state index in [0.29, 0.717) is 13.0 Å². The van der Waals surface area contributed by atoms with Gasteiger partial charge in [-0.3, -0.25) is 0 Å². The molecule has 12 heavy (non-hydrogen) atoms. The van der Waals surface area contributed by atoms with Crippen LogP contribution in [-0.4, -0.2) is 36.6 Å². The highest BCUT2D eigenvalue weighted by atomic mass is 32.2. The maximum Gasteiger partial charge on any atom is 0.331 e. The van der Waals surface area contributed by atoms with Crippen LogP contribution in [0.1, 0.15) is 13.3 Å². The van der Waals surface area contributed by atoms with Gasteiger partial charge < -0.3 is 5.32 Å². The summed E-state index contributed by atoms with van der Waals surface area (Å²) >= 11 is 0. The van der Waals surface area contributed by atoms with Crippen molar-refractivity contribution in [2.75, 3.05) is 12.3 Å². The molecule has 0 aliphatic carbocycles. The molecule has 2 amide bonds. The van der Waals surface area contributed by atoms with Crippen molar-refractivity contribution in [3.8, 4) is 0 Å². The summed E-state index contributed by atoms with van der Waals surface area (Å²) in [5.74, 6) is 0.0942. The van der Waals surface area contributed by atoms with E-state index >= 15 is 0 Å². The Kier molecular flexibility index (Phi) is 1.26. The molecule has 2 saturated heterocycles. The van der Waals surface area contributed by atoms with Crippen LogP contribution >= 0.6 is 0 Å². The normalized spacial score (nSPS) is 38.1. The number of carbonyl (C=O) groups is 1. The third-order valence-corrected chi connectivity index (χ3v) is 4.35. The number of nitrogens with zero attached hydrogens (tertiary/aromatic N) is 1. The van der Waals surface area contributed by atoms with Gasteiger partial charge in [0.25, 0.3) is 0 Å². The predicted octanol–water partition coefficient (Wildman–Crippen LogP) is -0.496. The molecule has 5 nitrogen and oxygen atoms in total. The van der Waals surface area contributed by atoms with Gasteiger partial charge in [0.15, 0.2) is 0 Å². The number of urea groups is 1. The van der Waals surface area contributed by atoms with E-state index in [2.05, 4.69) is 5.32 Å². The lowest BCUT2D eigenvalue weighted by Crippen LogP contribution is -2.41. The van der Waals surface area contributed by atoms with Crippen molar-refractivity contribution in [3.05, 3.63) is 0 Å². The van der Waals surface area contributed by atoms with Crippen LogP contribution in [-0.2, 0) is 10.0 Å². The molecule has 0 aromatic carbocycles. The van der Waals surface area contributed by atoms with Crippen LogP contribution in [0, 0.1) is 0 Å². The summed E-state index contributed by atoms with van der Waals surface area (Å²) in [7, 11) is -3.31. The number of sulfonamides is 1. The standard InChI is InChI=1S/C6H10N2O3S/c1-6-2-3-12(10,11)8(6)5(9)7-4-6/h2-4H2,1H3,(H,7,9). The minimum atomic E-state index is -3.31. The summed E-state index contributed by atoms with van der Waals surface area (Å²) < 4.78 is 23.6. The summed E-state index contributed by atoms with van der Waals surface area (Å²) in [6.07, 6.45) is 0.536. The topological polar surface area (TPSA) is 66.5 Å². The van der Waals surface area contributed by atoms with Crippen LogP contribution in [0.15, 0.2) is 0 Å². The first-order chi connectivity index (χ1) is 5.46. The van der Waals surface area contributed by atoms with Crippen LogP contribution in [0.5, 0.6) is 0 Å². The second-order valence-corrected chi connectivity index (χ2v) is 5.42. The lowest BCUT2D eigenvalue weighted by molar-refractivity contribution is 0.222. The summed E-state index contributed by atoms with van der Waals surface area (Å²) in [4.78, 5) is 11.1. The van der Waals surface area contributed by atoms with Gasteiger partial charge in [0.1, 0.15) is 0 Å². The van der Waals surface area contributed by atoms with Gasteiger partial charge in [-0.2, -0.15) is 0 Å². The van der Waals surface area contributed by atoms with Crippen LogP contribution in [0.3, 0.4) is 0 Å². The van der Waals surface area contributed by atoms with Crippen LogP contribution < -0.4 is 5.32 Å². The number of fused-ring (bicyclic) bond motifs is 1. The zero-order valence-corrected chi connectivity index (χ0v) is 7.52. The Balaban J connectivity index is 2.51. The number of nitrogens with one attached hydrogen (secondary N) is 1. The highest BCUT2D eigenvalue weighted by Gasteiger charge is 2.53. The van der Waals surface area contributed by atoms with E-state index in [1.165, 1.54) is 0 Å². The molecule has 0 saturated carbocycles. The Bertz CT molecular complexity index is 337. The van der Waals surface area contributed by atoms with E-state index in [-0.39, 0.29) is 5.75 Å². The van der Waals surface area contributed by atoms with Crippen LogP contribution in [0.25, 0.3) is 0 Å². The van der Waals surface area contributed by atoms with Gasteiger partial charge in [0, 0.05) is 6.54 Å². The van der Waals surface area contributed by atoms with Crippen molar-refractivity contribution in [1.82, 2.24) is 9.62 Å². The molecule has 1 N–H and O–H groups in total. The second kappa shape index (κ2) is 1.93. The SMILES string of the molecule is CC12CCS(=O)(=O)N1C(=O)NC2. The molecule has 0 aromatic rings. The summed E-state index contributed by atoms with van der Waals surface area (Å²) in [5, 5.41) is 2.53. The molecule has 1 atom stereocenters. The fraction of sp³-hybridized carbons (Fsp3) is 0.833. The minimum Gasteiger partial charge on any atom is -0.335 e. The maximum atomic E-state index is 11.3. The molecule has 0 spiro atoms. The molecule has 0 bridgehead atoms. The van der Waals surface area contributed by atoms with Gasteiger partial charge in [-0.15, -0.1) is 0 Å². The molecule has 2 aliphatic rings. The fourth-order valence-electron chi connectivity index (χ4n) is 1.75. The van der Waals surface area contributed by atoms with Gasteiger partial charge in [0.05, 0.1) is 11.3 Å². The molecular formula is C6H10N2O3S. The molecular weight excluding hydrogens is 180 g/mol. The van der Waals surface area contributed by atoms with Gasteiger partial charge in [-0.25, -0.2) is 17.5 Å². The third kappa shape index (κ3) is 0.782. The molecule has 2 heterocycles. The molecule has 2 rings (SSSR count). The highest BCUT2D eigenvalue weighted by Crippen LogP contribution is 2.34. The number of rotatable bonds is 0. The molecule has 68 valence electrons. The van der Waals surface area contributed by atoms with E-state index in [1.54, 1.807) is 6.92 Å². The van der Waals surface area contributed by atoms with Gasteiger partial charge in [-0.05, 0) is 13.3 Å². The maximum absolute atomic E-state index is 11.3. The fourth-order valence-corrected chi connectivity index (χ4v) is 3.77. The monoisotopic (exact) mass is 190 g/mol. The Morgan fingerprint density at radius 3 is 2.83 bits per heavy atom. The highest BCUT2D eigenvalue weighted by molar-refractivity contribution is 7.89. The molecule has 2 aliphatic heterocycles. The first-order valence-electron chi connectivity index (χ1n) is 3.77. The van der Waals surface area contributed by atoms with Gasteiger partial charge in [0.2, 0.25) is 10.0 Å². The summed E-state index contributed by atoms with van der Waals surface area (Å²) in [5.41, 5.74) is -0.504. The van der Waals surface area contributed by atoms with Crippen LogP contribution in [0.2, 0.25) is 0 Å². The largest absolute Gasteiger partial charge is 0.335 e. The van der Waals surface area contributed by atoms with E-state index in [0.717, 1.165) is 4.31 Å². The number of carbonyl (C=O) groups excluding carboxylic acids is 1. The summed E-state index contributed by atoms with van der Waals surface area (Å²) in [6.45, 7) is 2.22. The van der Waals surface area contributed by atoms with Gasteiger partial charge in [-0.1, -0.05) is 0 Å². The zero-order valence-electron chi connectivity index (χ0n) is 6.70. The minimum absolute atomic E-state index is 0.0942. The van der Waals surface area contributed by atoms with E-state index in [9.17, 15) is 13.2 Å². The average molecular weight is 190 g/mol. The Labute approximate surface area is 70.8 Å². The second-order valence-electron chi connectivity index (χ2n) is 3.49. The first kappa shape index (κ1) is 7.85. The van der Waals surface area contributed by atoms with Crippen molar-refractivity contribution >= 4 is 16.1 Å². The van der Waals surface area contributed by atoms with E-state index in [1.807, 2.05) is 0 Å². The van der Waals surface area contributed by atoms with Gasteiger partial charge >= 0.3 is 6.03 Å². The molecule has 6 heteroatoms. The average Bonchev–Trinajstić information content (AvgIpc) is 2.36. The van der Waals surface area contributed by atoms with E-state index in [4.69, 9.17) is 0 Å². The van der Waals surface area contributed by atoms with Crippen molar-refractivity contribution in [3.63, 3.8) is 0 Å².